The van der Waals surface area contributed by atoms with Crippen molar-refractivity contribution in [3.8, 4) is 11.3 Å². The smallest absolute Gasteiger partial charge is 0.294 e. The molecule has 0 N–H and O–H groups in total. The zero-order valence-electron chi connectivity index (χ0n) is 14.4. The Morgan fingerprint density at radius 1 is 1.17 bits per heavy atom. The number of amides is 1. The minimum absolute atomic E-state index is 0.390. The Morgan fingerprint density at radius 2 is 1.83 bits per heavy atom. The number of rotatable bonds is 3. The highest BCUT2D eigenvalue weighted by Crippen LogP contribution is 2.36. The van der Waals surface area contributed by atoms with Gasteiger partial charge in [-0.2, -0.15) is 0 Å². The second kappa shape index (κ2) is 5.63. The quantitative estimate of drug-likeness (QED) is 0.548. The summed E-state index contributed by atoms with van der Waals surface area (Å²) in [4.78, 5) is 26.5. The summed E-state index contributed by atoms with van der Waals surface area (Å²) >= 11 is 0. The Hall–Kier alpha value is -2.89. The van der Waals surface area contributed by atoms with E-state index in [0.717, 1.165) is 16.5 Å². The van der Waals surface area contributed by atoms with E-state index in [0.29, 0.717) is 22.7 Å². The molecule has 3 rings (SSSR count). The van der Waals surface area contributed by atoms with Crippen molar-refractivity contribution in [2.24, 2.45) is 7.05 Å². The highest BCUT2D eigenvalue weighted by Gasteiger charge is 2.30. The van der Waals surface area contributed by atoms with Gasteiger partial charge in [-0.25, -0.2) is 0 Å². The van der Waals surface area contributed by atoms with Gasteiger partial charge in [-0.05, 0) is 19.9 Å². The normalized spacial score (nSPS) is 11.0. The van der Waals surface area contributed by atoms with E-state index in [-0.39, 0.29) is 0 Å². The average molecular weight is 325 g/mol. The van der Waals surface area contributed by atoms with E-state index in [1.165, 1.54) is 4.90 Å². The lowest BCUT2D eigenvalue weighted by molar-refractivity contribution is -0.124. The van der Waals surface area contributed by atoms with E-state index < -0.39 is 11.7 Å². The predicted molar refractivity (Wildman–Crippen MR) is 90.9 cm³/mol. The third-order valence-corrected chi connectivity index (χ3v) is 4.20. The summed E-state index contributed by atoms with van der Waals surface area (Å²) in [5.41, 5.74) is 3.37. The number of likely N-dealkylation sites (N-methyl/N-ethyl adjacent to an activating group) is 1. The van der Waals surface area contributed by atoms with Crippen LogP contribution in [0.4, 0.5) is 0 Å². The molecule has 0 fully saturated rings. The first-order chi connectivity index (χ1) is 11.3. The van der Waals surface area contributed by atoms with Crippen molar-refractivity contribution in [3.05, 3.63) is 41.3 Å². The van der Waals surface area contributed by atoms with Gasteiger partial charge in [0.1, 0.15) is 5.76 Å². The molecule has 1 amide bonds. The SMILES string of the molecule is Cc1noc(C)c1-c1c(C(=O)C(=O)N(C)C)c2ccccc2n1C. The maximum Gasteiger partial charge on any atom is 0.294 e. The highest BCUT2D eigenvalue weighted by atomic mass is 16.5. The molecule has 0 radical (unpaired) electrons. The number of benzene rings is 1. The molecule has 3 aromatic rings. The van der Waals surface area contributed by atoms with Gasteiger partial charge in [0, 0.05) is 32.0 Å². The Balaban J connectivity index is 2.41. The molecule has 2 aromatic heterocycles. The summed E-state index contributed by atoms with van der Waals surface area (Å²) in [6.45, 7) is 3.63. The maximum atomic E-state index is 12.9. The van der Waals surface area contributed by atoms with Crippen LogP contribution in [0.15, 0.2) is 28.8 Å². The van der Waals surface area contributed by atoms with Crippen molar-refractivity contribution in [2.45, 2.75) is 13.8 Å². The lowest BCUT2D eigenvalue weighted by Crippen LogP contribution is -2.30. The standard InChI is InChI=1S/C18H19N3O3/c1-10-14(11(2)24-19-10)16-15(17(22)18(23)20(3)4)12-8-6-7-9-13(12)21(16)5/h6-9H,1-5H3. The first-order valence-corrected chi connectivity index (χ1v) is 7.61. The third-order valence-electron chi connectivity index (χ3n) is 4.20. The maximum absolute atomic E-state index is 12.9. The van der Waals surface area contributed by atoms with Gasteiger partial charge >= 0.3 is 0 Å². The molecule has 2 heterocycles. The number of hydrogen-bond acceptors (Lipinski definition) is 4. The topological polar surface area (TPSA) is 68.3 Å². The largest absolute Gasteiger partial charge is 0.361 e. The zero-order chi connectivity index (χ0) is 17.6. The molecule has 124 valence electrons. The van der Waals surface area contributed by atoms with Gasteiger partial charge in [-0.1, -0.05) is 23.4 Å². The van der Waals surface area contributed by atoms with Crippen molar-refractivity contribution in [1.82, 2.24) is 14.6 Å². The fraction of sp³-hybridized carbons (Fsp3) is 0.278. The van der Waals surface area contributed by atoms with Crippen LogP contribution in [0.5, 0.6) is 0 Å². The van der Waals surface area contributed by atoms with E-state index in [2.05, 4.69) is 5.16 Å². The van der Waals surface area contributed by atoms with E-state index in [4.69, 9.17) is 4.52 Å². The van der Waals surface area contributed by atoms with Gasteiger partial charge < -0.3 is 14.0 Å². The summed E-state index contributed by atoms with van der Waals surface area (Å²) in [5, 5.41) is 4.73. The average Bonchev–Trinajstić information content (AvgIpc) is 3.03. The molecule has 24 heavy (non-hydrogen) atoms. The van der Waals surface area contributed by atoms with Crippen molar-refractivity contribution in [2.75, 3.05) is 14.1 Å². The number of ketones is 1. The second-order valence-corrected chi connectivity index (χ2v) is 6.03. The molecule has 0 bridgehead atoms. The van der Waals surface area contributed by atoms with Crippen LogP contribution in [0.2, 0.25) is 0 Å². The predicted octanol–water partition coefficient (Wildman–Crippen LogP) is 2.72. The lowest BCUT2D eigenvalue weighted by atomic mass is 10.00. The van der Waals surface area contributed by atoms with Gasteiger partial charge in [-0.3, -0.25) is 9.59 Å². The minimum atomic E-state index is -0.556. The van der Waals surface area contributed by atoms with Gasteiger partial charge in [0.2, 0.25) is 0 Å². The van der Waals surface area contributed by atoms with E-state index in [9.17, 15) is 9.59 Å². The Morgan fingerprint density at radius 3 is 2.42 bits per heavy atom. The summed E-state index contributed by atoms with van der Waals surface area (Å²) in [6.07, 6.45) is 0. The first-order valence-electron chi connectivity index (χ1n) is 7.61. The fourth-order valence-corrected chi connectivity index (χ4v) is 3.05. The first kappa shape index (κ1) is 16.0. The van der Waals surface area contributed by atoms with Crippen molar-refractivity contribution >= 4 is 22.6 Å². The number of fused-ring (bicyclic) bond motifs is 1. The number of carbonyl (C=O) groups is 2. The second-order valence-electron chi connectivity index (χ2n) is 6.03. The van der Waals surface area contributed by atoms with E-state index in [1.807, 2.05) is 42.8 Å². The van der Waals surface area contributed by atoms with Crippen LogP contribution in [0.25, 0.3) is 22.2 Å². The number of aromatic nitrogens is 2. The minimum Gasteiger partial charge on any atom is -0.361 e. The Labute approximate surface area is 139 Å². The molecule has 0 saturated heterocycles. The number of nitrogens with zero attached hydrogens (tertiary/aromatic N) is 3. The number of para-hydroxylation sites is 1. The fourth-order valence-electron chi connectivity index (χ4n) is 3.05. The number of aryl methyl sites for hydroxylation is 3. The van der Waals surface area contributed by atoms with Crippen molar-refractivity contribution < 1.29 is 14.1 Å². The molecule has 1 aromatic carbocycles. The summed E-state index contributed by atoms with van der Waals surface area (Å²) < 4.78 is 7.19. The van der Waals surface area contributed by atoms with Crippen molar-refractivity contribution in [3.63, 3.8) is 0 Å². The van der Waals surface area contributed by atoms with Crippen molar-refractivity contribution in [1.29, 1.82) is 0 Å². The van der Waals surface area contributed by atoms with Crippen LogP contribution in [0.1, 0.15) is 21.8 Å². The molecule has 0 aliphatic heterocycles. The molecular weight excluding hydrogens is 306 g/mol. The molecule has 0 aliphatic rings. The van der Waals surface area contributed by atoms with Crippen LogP contribution in [0.3, 0.4) is 0 Å². The molecule has 0 aliphatic carbocycles. The summed E-state index contributed by atoms with van der Waals surface area (Å²) in [6, 6.07) is 7.54. The molecule has 0 unspecified atom stereocenters. The highest BCUT2D eigenvalue weighted by molar-refractivity contribution is 6.46. The summed E-state index contributed by atoms with van der Waals surface area (Å²) in [7, 11) is 5.02. The molecule has 0 spiro atoms. The summed E-state index contributed by atoms with van der Waals surface area (Å²) in [5.74, 6) is -0.476. The zero-order valence-corrected chi connectivity index (χ0v) is 14.4. The lowest BCUT2D eigenvalue weighted by Gasteiger charge is -2.11. The van der Waals surface area contributed by atoms with E-state index in [1.54, 1.807) is 21.0 Å². The van der Waals surface area contributed by atoms with Gasteiger partial charge in [0.15, 0.2) is 0 Å². The van der Waals surface area contributed by atoms with Gasteiger partial charge in [-0.15, -0.1) is 0 Å². The molecule has 0 saturated carbocycles. The van der Waals surface area contributed by atoms with Crippen LogP contribution < -0.4 is 0 Å². The number of Topliss-reactive ketones (excluding diaryl/α,β-unsaturated/α-hetero) is 1. The molecule has 6 nitrogen and oxygen atoms in total. The number of hydrogen-bond donors (Lipinski definition) is 0. The third kappa shape index (κ3) is 2.22. The van der Waals surface area contributed by atoms with Gasteiger partial charge in [0.05, 0.1) is 22.5 Å². The van der Waals surface area contributed by atoms with Gasteiger partial charge in [0.25, 0.3) is 11.7 Å². The Kier molecular flexibility index (Phi) is 3.75. The van der Waals surface area contributed by atoms with Crippen LogP contribution in [-0.2, 0) is 11.8 Å². The van der Waals surface area contributed by atoms with Crippen LogP contribution >= 0.6 is 0 Å². The molecular formula is C18H19N3O3. The van der Waals surface area contributed by atoms with Crippen LogP contribution in [0, 0.1) is 13.8 Å². The van der Waals surface area contributed by atoms with E-state index >= 15 is 0 Å². The molecule has 6 heteroatoms. The Bertz CT molecular complexity index is 944. The monoisotopic (exact) mass is 325 g/mol. The number of carbonyl (C=O) groups excluding carboxylic acids is 2. The van der Waals surface area contributed by atoms with Crippen LogP contribution in [-0.4, -0.2) is 40.4 Å². The molecule has 0 atom stereocenters.